The van der Waals surface area contributed by atoms with Crippen LogP contribution in [-0.2, 0) is 11.0 Å². The zero-order chi connectivity index (χ0) is 25.3. The van der Waals surface area contributed by atoms with Crippen LogP contribution in [0.5, 0.6) is 5.75 Å². The normalized spacial score (nSPS) is 13.7. The van der Waals surface area contributed by atoms with Gasteiger partial charge in [0, 0.05) is 36.5 Å². The number of anilines is 2. The summed E-state index contributed by atoms with van der Waals surface area (Å²) >= 11 is 0. The molecule has 0 aliphatic carbocycles. The predicted octanol–water partition coefficient (Wildman–Crippen LogP) is 3.95. The van der Waals surface area contributed by atoms with Gasteiger partial charge in [0.25, 0.3) is 5.91 Å². The van der Waals surface area contributed by atoms with Crippen LogP contribution in [-0.4, -0.2) is 35.2 Å². The van der Waals surface area contributed by atoms with Crippen molar-refractivity contribution in [2.75, 3.05) is 23.9 Å². The third kappa shape index (κ3) is 4.75. The van der Waals surface area contributed by atoms with Crippen molar-refractivity contribution in [3.05, 3.63) is 75.7 Å². The summed E-state index contributed by atoms with van der Waals surface area (Å²) in [4.78, 5) is 39.0. The topological polar surface area (TPSA) is 93.5 Å². The zero-order valence-electron chi connectivity index (χ0n) is 18.8. The molecule has 4 rings (SSSR count). The molecule has 0 spiro atoms. The van der Waals surface area contributed by atoms with Crippen LogP contribution in [0.3, 0.4) is 0 Å². The Hall–Kier alpha value is -4.15. The molecule has 1 aliphatic heterocycles. The van der Waals surface area contributed by atoms with Crippen molar-refractivity contribution in [2.24, 2.45) is 0 Å². The third-order valence-corrected chi connectivity index (χ3v) is 5.56. The lowest BCUT2D eigenvalue weighted by Gasteiger charge is -2.20. The Morgan fingerprint density at radius 1 is 1.09 bits per heavy atom. The highest BCUT2D eigenvalue weighted by atomic mass is 19.4. The molecule has 0 atom stereocenters. The minimum Gasteiger partial charge on any atom is -0.494 e. The second-order valence-electron chi connectivity index (χ2n) is 7.91. The smallest absolute Gasteiger partial charge is 0.418 e. The van der Waals surface area contributed by atoms with Gasteiger partial charge in [0.2, 0.25) is 11.3 Å². The van der Waals surface area contributed by atoms with Crippen LogP contribution in [0.15, 0.2) is 53.3 Å². The molecule has 1 N–H and O–H groups in total. The molecule has 2 heterocycles. The van der Waals surface area contributed by atoms with Crippen molar-refractivity contribution in [3.8, 4) is 11.4 Å². The highest BCUT2D eigenvalue weighted by molar-refractivity contribution is 6.03. The third-order valence-electron chi connectivity index (χ3n) is 5.56. The van der Waals surface area contributed by atoms with Crippen molar-refractivity contribution < 1.29 is 27.5 Å². The Morgan fingerprint density at radius 2 is 1.83 bits per heavy atom. The highest BCUT2D eigenvalue weighted by Crippen LogP contribution is 2.35. The van der Waals surface area contributed by atoms with Gasteiger partial charge in [0.15, 0.2) is 5.69 Å². The first kappa shape index (κ1) is 24.0. The number of carbonyl (C=O) groups excluding carboxylic acids is 2. The maximum absolute atomic E-state index is 13.5. The van der Waals surface area contributed by atoms with Gasteiger partial charge < -0.3 is 15.0 Å². The Kier molecular flexibility index (Phi) is 6.33. The van der Waals surface area contributed by atoms with E-state index in [0.29, 0.717) is 24.4 Å². The van der Waals surface area contributed by atoms with Gasteiger partial charge in [-0.3, -0.25) is 14.4 Å². The van der Waals surface area contributed by atoms with Gasteiger partial charge in [0.1, 0.15) is 5.75 Å². The van der Waals surface area contributed by atoms with E-state index < -0.39 is 28.8 Å². The molecule has 8 nitrogen and oxygen atoms in total. The summed E-state index contributed by atoms with van der Waals surface area (Å²) < 4.78 is 46.8. The highest BCUT2D eigenvalue weighted by Gasteiger charge is 2.34. The lowest BCUT2D eigenvalue weighted by Crippen LogP contribution is -2.28. The zero-order valence-corrected chi connectivity index (χ0v) is 18.8. The van der Waals surface area contributed by atoms with E-state index in [0.717, 1.165) is 23.2 Å². The number of amides is 2. The number of hydrogen-bond donors (Lipinski definition) is 1. The molecule has 11 heteroatoms. The van der Waals surface area contributed by atoms with Gasteiger partial charge in [-0.05, 0) is 37.6 Å². The fourth-order valence-electron chi connectivity index (χ4n) is 3.92. The number of methoxy groups -OCH3 is 1. The second-order valence-corrected chi connectivity index (χ2v) is 7.91. The largest absolute Gasteiger partial charge is 0.494 e. The number of carbonyl (C=O) groups is 2. The maximum atomic E-state index is 13.5. The SMILES string of the molecule is COc1cc(NC(=O)c2nn(-c3ccccc3C(F)(F)F)c(C)cc2=O)ccc1N1CCCC1=O. The maximum Gasteiger partial charge on any atom is 0.418 e. The number of aromatic nitrogens is 2. The van der Waals surface area contributed by atoms with E-state index in [9.17, 15) is 27.6 Å². The van der Waals surface area contributed by atoms with Crippen molar-refractivity contribution in [3.63, 3.8) is 0 Å². The summed E-state index contributed by atoms with van der Waals surface area (Å²) in [7, 11) is 1.42. The number of alkyl halides is 3. The van der Waals surface area contributed by atoms with Crippen molar-refractivity contribution in [1.29, 1.82) is 0 Å². The van der Waals surface area contributed by atoms with Crippen molar-refractivity contribution in [2.45, 2.75) is 25.9 Å². The molecule has 0 unspecified atom stereocenters. The molecule has 3 aromatic rings. The standard InChI is InChI=1S/C24H21F3N4O4/c1-14-12-19(32)22(29-31(14)17-7-4-3-6-16(17)24(25,26)27)23(34)28-15-9-10-18(20(13-15)35-2)30-11-5-8-21(30)33/h3-4,6-7,9-10,12-13H,5,8,11H2,1-2H3,(H,28,34). The Labute approximate surface area is 197 Å². The first-order valence-electron chi connectivity index (χ1n) is 10.7. The number of halogens is 3. The number of nitrogens with one attached hydrogen (secondary N) is 1. The quantitative estimate of drug-likeness (QED) is 0.590. The van der Waals surface area contributed by atoms with Gasteiger partial charge >= 0.3 is 6.18 Å². The van der Waals surface area contributed by atoms with E-state index in [4.69, 9.17) is 4.74 Å². The molecule has 0 saturated carbocycles. The van der Waals surface area contributed by atoms with E-state index >= 15 is 0 Å². The van der Waals surface area contributed by atoms with E-state index in [2.05, 4.69) is 10.4 Å². The average molecular weight is 486 g/mol. The fourth-order valence-corrected chi connectivity index (χ4v) is 3.92. The molecule has 2 amide bonds. The van der Waals surface area contributed by atoms with Crippen molar-refractivity contribution in [1.82, 2.24) is 9.78 Å². The van der Waals surface area contributed by atoms with Crippen molar-refractivity contribution >= 4 is 23.2 Å². The molecule has 1 saturated heterocycles. The molecular formula is C24H21F3N4O4. The summed E-state index contributed by atoms with van der Waals surface area (Å²) in [6, 6.07) is 10.4. The minimum atomic E-state index is -4.66. The average Bonchev–Trinajstić information content (AvgIpc) is 3.24. The molecule has 182 valence electrons. The van der Waals surface area contributed by atoms with Crippen LogP contribution in [0.4, 0.5) is 24.5 Å². The molecule has 1 aliphatic rings. The summed E-state index contributed by atoms with van der Waals surface area (Å²) in [6.07, 6.45) is -3.50. The van der Waals surface area contributed by atoms with Crippen LogP contribution < -0.4 is 20.4 Å². The van der Waals surface area contributed by atoms with E-state index in [1.807, 2.05) is 0 Å². The molecule has 0 bridgehead atoms. The summed E-state index contributed by atoms with van der Waals surface area (Å²) in [5, 5.41) is 6.48. The number of nitrogens with zero attached hydrogens (tertiary/aromatic N) is 3. The van der Waals surface area contributed by atoms with Gasteiger partial charge in [-0.2, -0.15) is 18.3 Å². The lowest BCUT2D eigenvalue weighted by atomic mass is 10.1. The van der Waals surface area contributed by atoms with Crippen LogP contribution in [0, 0.1) is 6.92 Å². The van der Waals surface area contributed by atoms with Crippen LogP contribution >= 0.6 is 0 Å². The van der Waals surface area contributed by atoms with E-state index in [1.165, 1.54) is 44.4 Å². The Bertz CT molecular complexity index is 1370. The van der Waals surface area contributed by atoms with Gasteiger partial charge in [-0.15, -0.1) is 0 Å². The number of para-hydroxylation sites is 1. The first-order chi connectivity index (χ1) is 16.6. The molecule has 1 aromatic heterocycles. The molecule has 35 heavy (non-hydrogen) atoms. The fraction of sp³-hybridized carbons (Fsp3) is 0.250. The summed E-state index contributed by atoms with van der Waals surface area (Å²) in [5.41, 5.74) is -1.66. The van der Waals surface area contributed by atoms with Gasteiger partial charge in [0.05, 0.1) is 24.0 Å². The summed E-state index contributed by atoms with van der Waals surface area (Å²) in [5.74, 6) is -0.602. The minimum absolute atomic E-state index is 0.0383. The lowest BCUT2D eigenvalue weighted by molar-refractivity contribution is -0.137. The molecule has 1 fully saturated rings. The van der Waals surface area contributed by atoms with Crippen LogP contribution in [0.2, 0.25) is 0 Å². The monoisotopic (exact) mass is 486 g/mol. The Morgan fingerprint density at radius 3 is 2.49 bits per heavy atom. The Balaban J connectivity index is 1.68. The number of ether oxygens (including phenoxy) is 1. The molecule has 0 radical (unpaired) electrons. The van der Waals surface area contributed by atoms with Crippen LogP contribution in [0.1, 0.15) is 34.6 Å². The number of aryl methyl sites for hydroxylation is 1. The molecular weight excluding hydrogens is 465 g/mol. The van der Waals surface area contributed by atoms with Gasteiger partial charge in [-0.1, -0.05) is 12.1 Å². The van der Waals surface area contributed by atoms with E-state index in [-0.39, 0.29) is 23.0 Å². The van der Waals surface area contributed by atoms with Gasteiger partial charge in [-0.25, -0.2) is 4.68 Å². The number of rotatable bonds is 5. The first-order valence-corrected chi connectivity index (χ1v) is 10.7. The summed E-state index contributed by atoms with van der Waals surface area (Å²) in [6.45, 7) is 1.97. The number of benzene rings is 2. The molecule has 2 aromatic carbocycles. The number of hydrogen-bond acceptors (Lipinski definition) is 5. The second kappa shape index (κ2) is 9.24. The van der Waals surface area contributed by atoms with E-state index in [1.54, 1.807) is 11.0 Å². The predicted molar refractivity (Wildman–Crippen MR) is 122 cm³/mol. The van der Waals surface area contributed by atoms with Crippen LogP contribution in [0.25, 0.3) is 5.69 Å².